The van der Waals surface area contributed by atoms with Gasteiger partial charge in [-0.2, -0.15) is 0 Å². The van der Waals surface area contributed by atoms with E-state index >= 15 is 0 Å². The van der Waals surface area contributed by atoms with E-state index in [2.05, 4.69) is 16.0 Å². The van der Waals surface area contributed by atoms with Crippen LogP contribution in [0.3, 0.4) is 0 Å². The molecule has 0 spiro atoms. The number of ether oxygens (including phenoxy) is 11. The van der Waals surface area contributed by atoms with Crippen molar-refractivity contribution in [2.45, 2.75) is 219 Å². The van der Waals surface area contributed by atoms with Gasteiger partial charge in [0.1, 0.15) is 134 Å². The summed E-state index contributed by atoms with van der Waals surface area (Å²) in [6.45, 7) is 2.06. The Kier molecular flexibility index (Phi) is 21.2. The van der Waals surface area contributed by atoms with Crippen molar-refractivity contribution >= 4 is 17.7 Å². The Labute approximate surface area is 421 Å². The van der Waals surface area contributed by atoms with Gasteiger partial charge in [-0.15, -0.1) is 0 Å². The smallest absolute Gasteiger partial charge is 0.217 e. The second-order valence-electron chi connectivity index (χ2n) is 19.0. The third-order valence-electron chi connectivity index (χ3n) is 13.5. The second kappa shape index (κ2) is 25.9. The van der Waals surface area contributed by atoms with Gasteiger partial charge in [-0.3, -0.25) is 14.4 Å². The molecule has 6 aliphatic heterocycles. The van der Waals surface area contributed by atoms with Crippen LogP contribution >= 0.6 is 0 Å². The van der Waals surface area contributed by atoms with Crippen LogP contribution in [-0.2, 0) is 66.5 Å². The Balaban J connectivity index is 1.33. The summed E-state index contributed by atoms with van der Waals surface area (Å²) in [4.78, 5) is 37.6. The molecule has 32 nitrogen and oxygen atoms in total. The number of amides is 3. The molecule has 74 heavy (non-hydrogen) atoms. The standard InChI is InChI=1S/C42H71N3O29/c1-10-22(52)28(58)31(61)40(65-10)73-35-21(45-14(5)51)38(70-17(8-48)33(35)71-42-36(30(60)25(55)16(7-47)69-42)74-41-32(62)29(59)23(53)11(2)66-41)64-9-18-26(56)34(20(37(63)67-18)44-13(4)50)72-39-19(43-12(3)49)27(57)24(54)15(6-46)68-39/h10-11,15-42,46-48,52-63H,6-9H2,1-5H3,(H,43,49)(H,44,50)(H,45,51)/t10-,11-,15+,16+,17+,18+,19+,20+,21+,22+,23+,24+,25-,26-,27+,28+,29+,30-,31-,32-,33+,34+,35+,36+,37-,38?,39?,40?,41?,42?/m0/s1. The summed E-state index contributed by atoms with van der Waals surface area (Å²) in [5.41, 5.74) is 0. The van der Waals surface area contributed by atoms with Gasteiger partial charge in [0, 0.05) is 20.8 Å². The minimum Gasteiger partial charge on any atom is -0.394 e. The zero-order chi connectivity index (χ0) is 54.8. The third kappa shape index (κ3) is 13.3. The Hall–Kier alpha value is -2.63. The predicted octanol–water partition coefficient (Wildman–Crippen LogP) is -11.6. The molecule has 0 aromatic heterocycles. The monoisotopic (exact) mass is 1080 g/mol. The van der Waals surface area contributed by atoms with Gasteiger partial charge in [0.25, 0.3) is 0 Å². The molecule has 5 unspecified atom stereocenters. The first-order valence-corrected chi connectivity index (χ1v) is 23.8. The SMILES string of the molecule is CC(=O)N[C@@H]1[C@@H](OC2O[C@H](CO)[C@@H](O)[C@H](O)[C@H]2NC(C)=O)[C@@H](O)[C@@H](COC2O[C@H](CO)[C@@H](OC3O[C@H](CO)[C@H](O)[C@H](O)[C@H]3OC3O[C@@H](C)[C@@H](O)[C@@H](O)[C@@H]3O)[C@H](OC3O[C@@H](C)[C@@H](O)[C@@H](O)[C@@H]3O)[C@H]2NC(C)=O)O[C@@H]1O. The summed E-state index contributed by atoms with van der Waals surface area (Å²) in [6.07, 6.45) is -48.6. The molecule has 428 valence electrons. The van der Waals surface area contributed by atoms with Crippen molar-refractivity contribution in [1.29, 1.82) is 0 Å². The Bertz CT molecular complexity index is 1830. The van der Waals surface area contributed by atoms with Crippen molar-refractivity contribution in [2.24, 2.45) is 0 Å². The van der Waals surface area contributed by atoms with Crippen LogP contribution in [0, 0.1) is 0 Å². The number of rotatable bonds is 17. The minimum absolute atomic E-state index is 0.737. The number of carbonyl (C=O) groups excluding carboxylic acids is 3. The Morgan fingerprint density at radius 3 is 1.32 bits per heavy atom. The second-order valence-corrected chi connectivity index (χ2v) is 19.0. The molecule has 3 amide bonds. The van der Waals surface area contributed by atoms with Gasteiger partial charge in [0.15, 0.2) is 37.7 Å². The third-order valence-corrected chi connectivity index (χ3v) is 13.5. The summed E-state index contributed by atoms with van der Waals surface area (Å²) < 4.78 is 65.0. The van der Waals surface area contributed by atoms with Gasteiger partial charge in [0.05, 0.1) is 38.6 Å². The van der Waals surface area contributed by atoms with Gasteiger partial charge in [0.2, 0.25) is 17.7 Å². The molecule has 6 rings (SSSR count). The van der Waals surface area contributed by atoms with Crippen molar-refractivity contribution in [3.05, 3.63) is 0 Å². The van der Waals surface area contributed by atoms with Crippen LogP contribution in [0.5, 0.6) is 0 Å². The van der Waals surface area contributed by atoms with Crippen molar-refractivity contribution in [3.8, 4) is 0 Å². The van der Waals surface area contributed by atoms with E-state index in [1.807, 2.05) is 0 Å². The number of aliphatic hydroxyl groups is 15. The predicted molar refractivity (Wildman–Crippen MR) is 231 cm³/mol. The van der Waals surface area contributed by atoms with E-state index in [1.165, 1.54) is 13.8 Å². The van der Waals surface area contributed by atoms with Gasteiger partial charge in [-0.25, -0.2) is 0 Å². The largest absolute Gasteiger partial charge is 0.394 e. The molecule has 6 aliphatic rings. The molecule has 6 heterocycles. The molecule has 0 aliphatic carbocycles. The first kappa shape index (κ1) is 60.6. The molecule has 30 atom stereocenters. The summed E-state index contributed by atoms with van der Waals surface area (Å²) >= 11 is 0. The quantitative estimate of drug-likeness (QED) is 0.0643. The molecule has 18 N–H and O–H groups in total. The fraction of sp³-hybridized carbons (Fsp3) is 0.929. The van der Waals surface area contributed by atoms with Crippen LogP contribution in [0.4, 0.5) is 0 Å². The molecule has 0 aromatic carbocycles. The maximum absolute atomic E-state index is 13.1. The summed E-state index contributed by atoms with van der Waals surface area (Å²) in [6, 6.07) is -4.93. The van der Waals surface area contributed by atoms with E-state index in [0.29, 0.717) is 0 Å². The molecule has 0 radical (unpaired) electrons. The molecule has 6 fully saturated rings. The van der Waals surface area contributed by atoms with E-state index in [1.54, 1.807) is 0 Å². The van der Waals surface area contributed by atoms with E-state index in [0.717, 1.165) is 20.8 Å². The first-order valence-electron chi connectivity index (χ1n) is 23.8. The average molecular weight is 1080 g/mol. The minimum atomic E-state index is -2.07. The molecule has 0 aromatic rings. The number of nitrogens with one attached hydrogen (secondary N) is 3. The van der Waals surface area contributed by atoms with Crippen molar-refractivity contribution in [1.82, 2.24) is 16.0 Å². The summed E-state index contributed by atoms with van der Waals surface area (Å²) in [5, 5.41) is 169. The van der Waals surface area contributed by atoms with Crippen LogP contribution in [0.15, 0.2) is 0 Å². The number of hydrogen-bond donors (Lipinski definition) is 18. The highest BCUT2D eigenvalue weighted by molar-refractivity contribution is 5.74. The van der Waals surface area contributed by atoms with Crippen LogP contribution in [-0.4, -0.2) is 305 Å². The van der Waals surface area contributed by atoms with Crippen LogP contribution in [0.2, 0.25) is 0 Å². The lowest BCUT2D eigenvalue weighted by Gasteiger charge is -2.51. The van der Waals surface area contributed by atoms with Gasteiger partial charge in [-0.1, -0.05) is 0 Å². The lowest BCUT2D eigenvalue weighted by atomic mass is 9.93. The Morgan fingerprint density at radius 2 is 0.811 bits per heavy atom. The molecule has 6 saturated heterocycles. The first-order chi connectivity index (χ1) is 34.8. The topological polar surface area (TPSA) is 492 Å². The van der Waals surface area contributed by atoms with Gasteiger partial charge in [-0.05, 0) is 13.8 Å². The highest BCUT2D eigenvalue weighted by Gasteiger charge is 2.58. The van der Waals surface area contributed by atoms with Crippen molar-refractivity contribution in [3.63, 3.8) is 0 Å². The summed E-state index contributed by atoms with van der Waals surface area (Å²) in [5.74, 6) is -2.34. The van der Waals surface area contributed by atoms with E-state index < -0.39 is 228 Å². The Morgan fingerprint density at radius 1 is 0.378 bits per heavy atom. The highest BCUT2D eigenvalue weighted by atomic mass is 16.8. The van der Waals surface area contributed by atoms with Crippen LogP contribution < -0.4 is 16.0 Å². The average Bonchev–Trinajstić information content (AvgIpc) is 3.35. The fourth-order valence-corrected chi connectivity index (χ4v) is 9.49. The number of hydrogen-bond acceptors (Lipinski definition) is 29. The van der Waals surface area contributed by atoms with Crippen LogP contribution in [0.1, 0.15) is 34.6 Å². The normalized spacial score (nSPS) is 49.1. The zero-order valence-corrected chi connectivity index (χ0v) is 40.6. The lowest BCUT2D eigenvalue weighted by Crippen LogP contribution is -2.71. The molecule has 0 saturated carbocycles. The number of aliphatic hydroxyl groups excluding tert-OH is 15. The molecule has 0 bridgehead atoms. The van der Waals surface area contributed by atoms with E-state index in [9.17, 15) is 91.0 Å². The number of carbonyl (C=O) groups is 3. The maximum Gasteiger partial charge on any atom is 0.217 e. The maximum atomic E-state index is 13.1. The zero-order valence-electron chi connectivity index (χ0n) is 40.6. The van der Waals surface area contributed by atoms with E-state index in [-0.39, 0.29) is 0 Å². The van der Waals surface area contributed by atoms with E-state index in [4.69, 9.17) is 52.1 Å². The fourth-order valence-electron chi connectivity index (χ4n) is 9.49. The van der Waals surface area contributed by atoms with Crippen molar-refractivity contribution in [2.75, 3.05) is 26.4 Å². The molecular weight excluding hydrogens is 1010 g/mol. The van der Waals surface area contributed by atoms with Gasteiger partial charge >= 0.3 is 0 Å². The summed E-state index contributed by atoms with van der Waals surface area (Å²) in [7, 11) is 0. The molecule has 32 heteroatoms. The highest BCUT2D eigenvalue weighted by Crippen LogP contribution is 2.37. The van der Waals surface area contributed by atoms with Gasteiger partial charge < -0.3 is 145 Å². The van der Waals surface area contributed by atoms with Crippen molar-refractivity contribution < 1.29 is 143 Å². The molecular formula is C42H71N3O29. The lowest BCUT2D eigenvalue weighted by molar-refractivity contribution is -0.393. The van der Waals surface area contributed by atoms with Crippen LogP contribution in [0.25, 0.3) is 0 Å².